The minimum atomic E-state index is -0.499. The quantitative estimate of drug-likeness (QED) is 0.503. The predicted molar refractivity (Wildman–Crippen MR) is 77.3 cm³/mol. The van der Waals surface area contributed by atoms with Crippen LogP contribution in [0.15, 0.2) is 18.2 Å². The molecule has 0 bridgehead atoms. The van der Waals surface area contributed by atoms with Gasteiger partial charge in [-0.05, 0) is 37.2 Å². The zero-order valence-electron chi connectivity index (χ0n) is 12.0. The Morgan fingerprint density at radius 1 is 1.35 bits per heavy atom. The Morgan fingerprint density at radius 3 is 2.80 bits per heavy atom. The molecule has 4 nitrogen and oxygen atoms in total. The molecule has 1 aliphatic rings. The third kappa shape index (κ3) is 3.68. The summed E-state index contributed by atoms with van der Waals surface area (Å²) in [4.78, 5) is 10.3. The number of nitro benzene ring substituents is 1. The van der Waals surface area contributed by atoms with Gasteiger partial charge in [-0.25, -0.2) is 4.39 Å². The van der Waals surface area contributed by atoms with Crippen LogP contribution in [0, 0.1) is 21.3 Å². The molecule has 1 atom stereocenters. The van der Waals surface area contributed by atoms with E-state index in [1.54, 1.807) is 0 Å². The normalized spacial score (nSPS) is 22.1. The second kappa shape index (κ2) is 5.77. The van der Waals surface area contributed by atoms with Gasteiger partial charge in [0.25, 0.3) is 5.69 Å². The number of nitrogens with one attached hydrogen (secondary N) is 1. The number of hydrogen-bond acceptors (Lipinski definition) is 3. The fourth-order valence-electron chi connectivity index (χ4n) is 2.76. The molecule has 1 aromatic carbocycles. The largest absolute Gasteiger partial charge is 0.380 e. The maximum absolute atomic E-state index is 13.8. The average Bonchev–Trinajstić information content (AvgIpc) is 2.53. The van der Waals surface area contributed by atoms with E-state index >= 15 is 0 Å². The summed E-state index contributed by atoms with van der Waals surface area (Å²) in [6, 6.07) is 3.82. The van der Waals surface area contributed by atoms with Crippen molar-refractivity contribution >= 4 is 11.4 Å². The minimum Gasteiger partial charge on any atom is -0.380 e. The van der Waals surface area contributed by atoms with Gasteiger partial charge >= 0.3 is 0 Å². The van der Waals surface area contributed by atoms with Crippen LogP contribution in [0.25, 0.3) is 0 Å². The first-order valence-electron chi connectivity index (χ1n) is 7.08. The topological polar surface area (TPSA) is 55.2 Å². The van der Waals surface area contributed by atoms with Crippen LogP contribution in [0.2, 0.25) is 0 Å². The number of hydrogen-bond donors (Lipinski definition) is 1. The van der Waals surface area contributed by atoms with Crippen LogP contribution >= 0.6 is 0 Å². The average molecular weight is 280 g/mol. The zero-order chi connectivity index (χ0) is 14.8. The molecule has 0 amide bonds. The molecule has 5 heteroatoms. The first kappa shape index (κ1) is 14.8. The van der Waals surface area contributed by atoms with Crippen LogP contribution in [-0.4, -0.2) is 11.0 Å². The molecule has 1 aromatic rings. The lowest BCUT2D eigenvalue weighted by Gasteiger charge is -2.22. The summed E-state index contributed by atoms with van der Waals surface area (Å²) in [6.07, 6.45) is 5.30. The van der Waals surface area contributed by atoms with Crippen molar-refractivity contribution in [2.24, 2.45) is 5.41 Å². The number of halogens is 1. The van der Waals surface area contributed by atoms with Gasteiger partial charge in [-0.1, -0.05) is 20.3 Å². The van der Waals surface area contributed by atoms with Gasteiger partial charge in [0.05, 0.1) is 10.6 Å². The Bertz CT molecular complexity index is 503. The molecule has 0 spiro atoms. The van der Waals surface area contributed by atoms with Crippen LogP contribution in [0.3, 0.4) is 0 Å². The lowest BCUT2D eigenvalue weighted by molar-refractivity contribution is -0.384. The molecule has 1 N–H and O–H groups in total. The van der Waals surface area contributed by atoms with E-state index in [1.807, 2.05) is 0 Å². The van der Waals surface area contributed by atoms with Crippen molar-refractivity contribution in [1.82, 2.24) is 0 Å². The summed E-state index contributed by atoms with van der Waals surface area (Å²) >= 11 is 0. The number of nitro groups is 1. The van der Waals surface area contributed by atoms with Crippen molar-refractivity contribution in [2.45, 2.75) is 52.0 Å². The molecule has 20 heavy (non-hydrogen) atoms. The molecule has 0 aromatic heterocycles. The van der Waals surface area contributed by atoms with Gasteiger partial charge in [-0.15, -0.1) is 0 Å². The van der Waals surface area contributed by atoms with Gasteiger partial charge in [0, 0.05) is 18.2 Å². The van der Waals surface area contributed by atoms with E-state index in [1.165, 1.54) is 18.6 Å². The van der Waals surface area contributed by atoms with E-state index in [9.17, 15) is 14.5 Å². The van der Waals surface area contributed by atoms with E-state index in [-0.39, 0.29) is 17.4 Å². The van der Waals surface area contributed by atoms with Crippen LogP contribution < -0.4 is 5.32 Å². The Balaban J connectivity index is 2.09. The molecule has 0 radical (unpaired) electrons. The van der Waals surface area contributed by atoms with Crippen LogP contribution in [0.5, 0.6) is 0 Å². The molecular weight excluding hydrogens is 259 g/mol. The fourth-order valence-corrected chi connectivity index (χ4v) is 2.76. The third-order valence-electron chi connectivity index (χ3n) is 4.10. The molecule has 0 saturated heterocycles. The van der Waals surface area contributed by atoms with Gasteiger partial charge in [0.1, 0.15) is 5.82 Å². The van der Waals surface area contributed by atoms with Crippen molar-refractivity contribution in [2.75, 3.05) is 5.32 Å². The Morgan fingerprint density at radius 2 is 2.10 bits per heavy atom. The van der Waals surface area contributed by atoms with Crippen LogP contribution in [0.4, 0.5) is 15.8 Å². The zero-order valence-corrected chi connectivity index (χ0v) is 12.0. The highest BCUT2D eigenvalue weighted by Crippen LogP contribution is 2.35. The molecule has 0 heterocycles. The maximum atomic E-state index is 13.8. The van der Waals surface area contributed by atoms with Crippen LogP contribution in [-0.2, 0) is 0 Å². The standard InChI is InChI=1S/C15H21FN2O2/c1-15(2)8-3-4-11(7-9-15)17-14-10-12(18(19)20)5-6-13(14)16/h5-6,10-11,17H,3-4,7-9H2,1-2H3. The van der Waals surface area contributed by atoms with Crippen molar-refractivity contribution in [3.8, 4) is 0 Å². The lowest BCUT2D eigenvalue weighted by atomic mass is 9.85. The number of nitrogens with zero attached hydrogens (tertiary/aromatic N) is 1. The van der Waals surface area contributed by atoms with E-state index < -0.39 is 10.7 Å². The molecule has 1 aliphatic carbocycles. The summed E-state index contributed by atoms with van der Waals surface area (Å²) < 4.78 is 13.8. The highest BCUT2D eigenvalue weighted by atomic mass is 19.1. The second-order valence-corrected chi connectivity index (χ2v) is 6.36. The van der Waals surface area contributed by atoms with E-state index in [0.717, 1.165) is 31.7 Å². The summed E-state index contributed by atoms with van der Waals surface area (Å²) in [7, 11) is 0. The molecule has 1 saturated carbocycles. The van der Waals surface area contributed by atoms with Gasteiger partial charge in [0.2, 0.25) is 0 Å². The van der Waals surface area contributed by atoms with Crippen molar-refractivity contribution in [3.63, 3.8) is 0 Å². The maximum Gasteiger partial charge on any atom is 0.271 e. The lowest BCUT2D eigenvalue weighted by Crippen LogP contribution is -2.20. The Kier molecular flexibility index (Phi) is 4.26. The molecule has 2 rings (SSSR count). The third-order valence-corrected chi connectivity index (χ3v) is 4.10. The predicted octanol–water partition coefficient (Wildman–Crippen LogP) is 4.50. The molecule has 1 fully saturated rings. The number of anilines is 1. The fraction of sp³-hybridized carbons (Fsp3) is 0.600. The summed E-state index contributed by atoms with van der Waals surface area (Å²) in [5, 5.41) is 13.9. The van der Waals surface area contributed by atoms with Crippen molar-refractivity contribution in [3.05, 3.63) is 34.1 Å². The van der Waals surface area contributed by atoms with Gasteiger partial charge in [0.15, 0.2) is 0 Å². The summed E-state index contributed by atoms with van der Waals surface area (Å²) in [6.45, 7) is 4.51. The number of non-ortho nitro benzene ring substituents is 1. The number of rotatable bonds is 3. The Hall–Kier alpha value is -1.65. The van der Waals surface area contributed by atoms with Crippen LogP contribution in [0.1, 0.15) is 46.0 Å². The minimum absolute atomic E-state index is 0.0807. The van der Waals surface area contributed by atoms with E-state index in [0.29, 0.717) is 5.41 Å². The van der Waals surface area contributed by atoms with Gasteiger partial charge < -0.3 is 5.32 Å². The van der Waals surface area contributed by atoms with Gasteiger partial charge in [-0.3, -0.25) is 10.1 Å². The molecule has 110 valence electrons. The van der Waals surface area contributed by atoms with Gasteiger partial charge in [-0.2, -0.15) is 0 Å². The SMILES string of the molecule is CC1(C)CCCC(Nc2cc([N+](=O)[O-])ccc2F)CC1. The Labute approximate surface area is 118 Å². The highest BCUT2D eigenvalue weighted by Gasteiger charge is 2.25. The highest BCUT2D eigenvalue weighted by molar-refractivity contribution is 5.52. The van der Waals surface area contributed by atoms with E-state index in [4.69, 9.17) is 0 Å². The van der Waals surface area contributed by atoms with E-state index in [2.05, 4.69) is 19.2 Å². The molecular formula is C15H21FN2O2. The van der Waals surface area contributed by atoms with Crippen molar-refractivity contribution in [1.29, 1.82) is 0 Å². The second-order valence-electron chi connectivity index (χ2n) is 6.36. The first-order valence-corrected chi connectivity index (χ1v) is 7.08. The molecule has 0 aliphatic heterocycles. The molecule has 1 unspecified atom stereocenters. The van der Waals surface area contributed by atoms with Crippen molar-refractivity contribution < 1.29 is 9.31 Å². The number of benzene rings is 1. The summed E-state index contributed by atoms with van der Waals surface area (Å²) in [5.74, 6) is -0.431. The smallest absolute Gasteiger partial charge is 0.271 e. The monoisotopic (exact) mass is 280 g/mol. The summed E-state index contributed by atoms with van der Waals surface area (Å²) in [5.41, 5.74) is 0.490. The first-order chi connectivity index (χ1) is 9.37.